The highest BCUT2D eigenvalue weighted by Crippen LogP contribution is 2.16. The van der Waals surface area contributed by atoms with Crippen LogP contribution in [0.4, 0.5) is 0 Å². The van der Waals surface area contributed by atoms with Crippen molar-refractivity contribution < 1.29 is 9.59 Å². The van der Waals surface area contributed by atoms with Crippen LogP contribution in [-0.4, -0.2) is 17.9 Å². The van der Waals surface area contributed by atoms with Crippen LogP contribution in [0.3, 0.4) is 0 Å². The molecule has 0 aliphatic rings. The Balaban J connectivity index is 2.81. The molecule has 0 fully saturated rings. The number of primary amides is 1. The number of halogens is 1. The molecule has 0 spiro atoms. The summed E-state index contributed by atoms with van der Waals surface area (Å²) in [5.41, 5.74) is 6.33. The number of carbonyl (C=O) groups excluding carboxylic acids is 2. The molecule has 1 aromatic carbocycles. The van der Waals surface area contributed by atoms with Crippen molar-refractivity contribution in [3.05, 3.63) is 34.3 Å². The van der Waals surface area contributed by atoms with Crippen LogP contribution in [0, 0.1) is 6.92 Å². The summed E-state index contributed by atoms with van der Waals surface area (Å²) in [6.07, 6.45) is 0. The van der Waals surface area contributed by atoms with Gasteiger partial charge in [-0.2, -0.15) is 0 Å². The molecule has 0 heterocycles. The van der Waals surface area contributed by atoms with Gasteiger partial charge in [-0.15, -0.1) is 0 Å². The van der Waals surface area contributed by atoms with E-state index in [1.807, 2.05) is 6.92 Å². The highest BCUT2D eigenvalue weighted by atomic mass is 35.5. The van der Waals surface area contributed by atoms with E-state index in [2.05, 4.69) is 5.32 Å². The molecule has 0 unspecified atom stereocenters. The van der Waals surface area contributed by atoms with Gasteiger partial charge in [-0.25, -0.2) is 0 Å². The minimum absolute atomic E-state index is 0.367. The van der Waals surface area contributed by atoms with E-state index >= 15 is 0 Å². The molecule has 16 heavy (non-hydrogen) atoms. The first-order valence-corrected chi connectivity index (χ1v) is 5.16. The Bertz CT molecular complexity index is 432. The van der Waals surface area contributed by atoms with Crippen molar-refractivity contribution >= 4 is 23.4 Å². The van der Waals surface area contributed by atoms with E-state index in [4.69, 9.17) is 17.3 Å². The van der Waals surface area contributed by atoms with Gasteiger partial charge in [-0.1, -0.05) is 17.7 Å². The summed E-state index contributed by atoms with van der Waals surface area (Å²) in [5.74, 6) is -0.945. The first-order valence-electron chi connectivity index (χ1n) is 4.78. The maximum Gasteiger partial charge on any atom is 0.251 e. The molecule has 1 atom stereocenters. The minimum atomic E-state index is -0.701. The van der Waals surface area contributed by atoms with Gasteiger partial charge in [0.2, 0.25) is 5.91 Å². The molecule has 1 aromatic rings. The smallest absolute Gasteiger partial charge is 0.251 e. The molecule has 0 radical (unpaired) electrons. The van der Waals surface area contributed by atoms with E-state index < -0.39 is 11.9 Å². The molecule has 86 valence electrons. The van der Waals surface area contributed by atoms with Gasteiger partial charge >= 0.3 is 0 Å². The van der Waals surface area contributed by atoms with Gasteiger partial charge < -0.3 is 11.1 Å². The highest BCUT2D eigenvalue weighted by molar-refractivity contribution is 6.31. The summed E-state index contributed by atoms with van der Waals surface area (Å²) < 4.78 is 0. The molecule has 4 nitrogen and oxygen atoms in total. The van der Waals surface area contributed by atoms with E-state index in [1.165, 1.54) is 6.92 Å². The second-order valence-electron chi connectivity index (χ2n) is 3.56. The van der Waals surface area contributed by atoms with Crippen LogP contribution in [0.15, 0.2) is 18.2 Å². The third-order valence-electron chi connectivity index (χ3n) is 2.21. The molecule has 0 bridgehead atoms. The number of hydrogen-bond acceptors (Lipinski definition) is 2. The van der Waals surface area contributed by atoms with E-state index in [9.17, 15) is 9.59 Å². The minimum Gasteiger partial charge on any atom is -0.368 e. The van der Waals surface area contributed by atoms with Crippen LogP contribution in [0.25, 0.3) is 0 Å². The first kappa shape index (κ1) is 12.5. The van der Waals surface area contributed by atoms with Crippen LogP contribution in [0.5, 0.6) is 0 Å². The maximum atomic E-state index is 11.6. The van der Waals surface area contributed by atoms with Gasteiger partial charge in [0.15, 0.2) is 0 Å². The lowest BCUT2D eigenvalue weighted by Crippen LogP contribution is -2.42. The Labute approximate surface area is 98.8 Å². The van der Waals surface area contributed by atoms with Crippen molar-refractivity contribution in [2.75, 3.05) is 0 Å². The lowest BCUT2D eigenvalue weighted by Gasteiger charge is -2.10. The number of carbonyl (C=O) groups is 2. The number of amides is 2. The van der Waals surface area contributed by atoms with Crippen molar-refractivity contribution in [3.63, 3.8) is 0 Å². The van der Waals surface area contributed by atoms with Gasteiger partial charge in [-0.05, 0) is 31.5 Å². The fraction of sp³-hybridized carbons (Fsp3) is 0.273. The molecular formula is C11H13ClN2O2. The van der Waals surface area contributed by atoms with Gasteiger partial charge in [0.1, 0.15) is 6.04 Å². The summed E-state index contributed by atoms with van der Waals surface area (Å²) in [7, 11) is 0. The second-order valence-corrected chi connectivity index (χ2v) is 3.97. The normalized spacial score (nSPS) is 11.9. The lowest BCUT2D eigenvalue weighted by atomic mass is 10.1. The molecule has 5 heteroatoms. The first-order chi connectivity index (χ1) is 7.41. The molecule has 2 amide bonds. The van der Waals surface area contributed by atoms with Crippen molar-refractivity contribution in [2.24, 2.45) is 5.73 Å². The van der Waals surface area contributed by atoms with Crippen molar-refractivity contribution in [1.82, 2.24) is 5.32 Å². The zero-order chi connectivity index (χ0) is 12.3. The number of nitrogens with two attached hydrogens (primary N) is 1. The SMILES string of the molecule is Cc1ccc(C(=O)N[C@H](C)C(N)=O)cc1Cl. The Kier molecular flexibility index (Phi) is 3.90. The average Bonchev–Trinajstić information content (AvgIpc) is 2.21. The zero-order valence-electron chi connectivity index (χ0n) is 9.08. The third kappa shape index (κ3) is 2.97. The molecule has 0 saturated carbocycles. The number of benzene rings is 1. The van der Waals surface area contributed by atoms with Gasteiger partial charge in [0, 0.05) is 10.6 Å². The monoisotopic (exact) mass is 240 g/mol. The van der Waals surface area contributed by atoms with Crippen LogP contribution in [0.2, 0.25) is 5.02 Å². The van der Waals surface area contributed by atoms with Crippen molar-refractivity contribution in [3.8, 4) is 0 Å². The van der Waals surface area contributed by atoms with Gasteiger partial charge in [0.25, 0.3) is 5.91 Å². The Hall–Kier alpha value is -1.55. The maximum absolute atomic E-state index is 11.6. The largest absolute Gasteiger partial charge is 0.368 e. The summed E-state index contributed by atoms with van der Waals surface area (Å²) in [6, 6.07) is 4.24. The predicted octanol–water partition coefficient (Wildman–Crippen LogP) is 1.25. The molecule has 0 aliphatic carbocycles. The molecule has 0 aliphatic heterocycles. The Morgan fingerprint density at radius 2 is 2.06 bits per heavy atom. The number of nitrogens with one attached hydrogen (secondary N) is 1. The van der Waals surface area contributed by atoms with Crippen LogP contribution >= 0.6 is 11.6 Å². The summed E-state index contributed by atoms with van der Waals surface area (Å²) in [6.45, 7) is 3.37. The summed E-state index contributed by atoms with van der Waals surface area (Å²) in [5, 5.41) is 2.98. The predicted molar refractivity (Wildman–Crippen MR) is 62.3 cm³/mol. The van der Waals surface area contributed by atoms with E-state index in [-0.39, 0.29) is 5.91 Å². The van der Waals surface area contributed by atoms with E-state index in [0.29, 0.717) is 10.6 Å². The fourth-order valence-corrected chi connectivity index (χ4v) is 1.27. The Morgan fingerprint density at radius 1 is 1.44 bits per heavy atom. The number of rotatable bonds is 3. The summed E-state index contributed by atoms with van der Waals surface area (Å²) in [4.78, 5) is 22.4. The fourth-order valence-electron chi connectivity index (χ4n) is 1.09. The molecule has 0 aromatic heterocycles. The zero-order valence-corrected chi connectivity index (χ0v) is 9.84. The second kappa shape index (κ2) is 4.99. The number of hydrogen-bond donors (Lipinski definition) is 2. The van der Waals surface area contributed by atoms with Crippen LogP contribution in [-0.2, 0) is 4.79 Å². The topological polar surface area (TPSA) is 72.2 Å². The van der Waals surface area contributed by atoms with E-state index in [0.717, 1.165) is 5.56 Å². The third-order valence-corrected chi connectivity index (χ3v) is 2.62. The van der Waals surface area contributed by atoms with Crippen molar-refractivity contribution in [1.29, 1.82) is 0 Å². The van der Waals surface area contributed by atoms with Crippen LogP contribution in [0.1, 0.15) is 22.8 Å². The van der Waals surface area contributed by atoms with E-state index in [1.54, 1.807) is 18.2 Å². The van der Waals surface area contributed by atoms with Crippen molar-refractivity contribution in [2.45, 2.75) is 19.9 Å². The number of aryl methyl sites for hydroxylation is 1. The lowest BCUT2D eigenvalue weighted by molar-refractivity contribution is -0.119. The standard InChI is InChI=1S/C11H13ClN2O2/c1-6-3-4-8(5-9(6)12)11(16)14-7(2)10(13)15/h3-5,7H,1-2H3,(H2,13,15)(H,14,16)/t7-/m1/s1. The molecule has 3 N–H and O–H groups in total. The Morgan fingerprint density at radius 3 is 2.56 bits per heavy atom. The van der Waals surface area contributed by atoms with Crippen LogP contribution < -0.4 is 11.1 Å². The summed E-state index contributed by atoms with van der Waals surface area (Å²) >= 11 is 5.89. The average molecular weight is 241 g/mol. The quantitative estimate of drug-likeness (QED) is 0.835. The highest BCUT2D eigenvalue weighted by Gasteiger charge is 2.14. The molecule has 0 saturated heterocycles. The van der Waals surface area contributed by atoms with Gasteiger partial charge in [-0.3, -0.25) is 9.59 Å². The van der Waals surface area contributed by atoms with Gasteiger partial charge in [0.05, 0.1) is 0 Å². The molecule has 1 rings (SSSR count). The molecular weight excluding hydrogens is 228 g/mol.